The Labute approximate surface area is 118 Å². The number of benzene rings is 1. The number of thioether (sulfide) groups is 1. The Hall–Kier alpha value is -1.89. The Morgan fingerprint density at radius 2 is 1.90 bits per heavy atom. The summed E-state index contributed by atoms with van der Waals surface area (Å²) in [6, 6.07) is 6.20. The summed E-state index contributed by atoms with van der Waals surface area (Å²) in [5.41, 5.74) is 8.58. The van der Waals surface area contributed by atoms with Gasteiger partial charge in [-0.05, 0) is 24.3 Å². The summed E-state index contributed by atoms with van der Waals surface area (Å²) < 4.78 is 28.5. The summed E-state index contributed by atoms with van der Waals surface area (Å²) in [5, 5.41) is 0. The van der Waals surface area contributed by atoms with Crippen LogP contribution in [0.5, 0.6) is 5.75 Å². The van der Waals surface area contributed by atoms with E-state index in [2.05, 4.69) is 14.7 Å². The van der Waals surface area contributed by atoms with Crippen molar-refractivity contribution in [1.82, 2.24) is 9.97 Å². The minimum Gasteiger partial charge on any atom is -0.435 e. The van der Waals surface area contributed by atoms with E-state index in [0.717, 1.165) is 28.3 Å². The van der Waals surface area contributed by atoms with E-state index in [0.29, 0.717) is 11.6 Å². The minimum atomic E-state index is -2.83. The van der Waals surface area contributed by atoms with Crippen molar-refractivity contribution in [3.63, 3.8) is 0 Å². The van der Waals surface area contributed by atoms with E-state index in [1.807, 2.05) is 0 Å². The number of halogens is 2. The Balaban J connectivity index is 1.91. The van der Waals surface area contributed by atoms with Gasteiger partial charge in [0.25, 0.3) is 0 Å². The van der Waals surface area contributed by atoms with Gasteiger partial charge in [0.05, 0.1) is 5.69 Å². The molecule has 0 radical (unpaired) electrons. The molecule has 2 aromatic rings. The molecule has 1 aromatic heterocycles. The smallest absolute Gasteiger partial charge is 0.387 e. The third kappa shape index (κ3) is 2.53. The molecule has 0 fully saturated rings. The van der Waals surface area contributed by atoms with Crippen molar-refractivity contribution in [2.45, 2.75) is 18.1 Å². The molecular weight excluding hydrogens is 284 g/mol. The molecule has 7 heteroatoms. The summed E-state index contributed by atoms with van der Waals surface area (Å²) in [5.74, 6) is 2.76. The maximum absolute atomic E-state index is 12.1. The molecule has 3 rings (SSSR count). The van der Waals surface area contributed by atoms with Crippen LogP contribution in [0.4, 0.5) is 14.6 Å². The lowest BCUT2D eigenvalue weighted by molar-refractivity contribution is -0.0498. The third-order valence-electron chi connectivity index (χ3n) is 2.95. The first-order valence-corrected chi connectivity index (χ1v) is 7.07. The normalized spacial score (nSPS) is 13.6. The molecule has 1 aliphatic heterocycles. The van der Waals surface area contributed by atoms with Gasteiger partial charge in [0.15, 0.2) is 5.82 Å². The number of fused-ring (bicyclic) bond motifs is 1. The van der Waals surface area contributed by atoms with E-state index in [9.17, 15) is 8.78 Å². The van der Waals surface area contributed by atoms with E-state index < -0.39 is 6.61 Å². The SMILES string of the molecule is Nc1nc(-c2ccc(OC(F)F)cc2)nc2c1CSC2. The average Bonchev–Trinajstić information content (AvgIpc) is 2.87. The summed E-state index contributed by atoms with van der Waals surface area (Å²) >= 11 is 1.74. The van der Waals surface area contributed by atoms with Crippen molar-refractivity contribution in [3.05, 3.63) is 35.5 Å². The van der Waals surface area contributed by atoms with Crippen LogP contribution in [-0.2, 0) is 11.5 Å². The van der Waals surface area contributed by atoms with Crippen LogP contribution in [0.1, 0.15) is 11.3 Å². The van der Waals surface area contributed by atoms with Gasteiger partial charge in [-0.15, -0.1) is 0 Å². The van der Waals surface area contributed by atoms with Gasteiger partial charge in [-0.25, -0.2) is 9.97 Å². The van der Waals surface area contributed by atoms with E-state index in [-0.39, 0.29) is 5.75 Å². The summed E-state index contributed by atoms with van der Waals surface area (Å²) in [6.45, 7) is -2.83. The molecule has 2 N–H and O–H groups in total. The molecule has 0 saturated heterocycles. The average molecular weight is 295 g/mol. The maximum atomic E-state index is 12.1. The Bertz CT molecular complexity index is 634. The number of nitrogens with zero attached hydrogens (tertiary/aromatic N) is 2. The Morgan fingerprint density at radius 3 is 2.60 bits per heavy atom. The number of nitrogen functional groups attached to an aromatic ring is 1. The molecule has 0 spiro atoms. The highest BCUT2D eigenvalue weighted by Crippen LogP contribution is 2.33. The predicted molar refractivity (Wildman–Crippen MR) is 73.5 cm³/mol. The number of hydrogen-bond acceptors (Lipinski definition) is 5. The van der Waals surface area contributed by atoms with Gasteiger partial charge in [0.1, 0.15) is 11.6 Å². The van der Waals surface area contributed by atoms with Crippen molar-refractivity contribution < 1.29 is 13.5 Å². The van der Waals surface area contributed by atoms with Crippen LogP contribution in [0.2, 0.25) is 0 Å². The maximum Gasteiger partial charge on any atom is 0.387 e. The second-order valence-electron chi connectivity index (χ2n) is 4.25. The van der Waals surface area contributed by atoms with Crippen molar-refractivity contribution in [2.75, 3.05) is 5.73 Å². The Kier molecular flexibility index (Phi) is 3.43. The summed E-state index contributed by atoms with van der Waals surface area (Å²) in [6.07, 6.45) is 0. The van der Waals surface area contributed by atoms with Gasteiger partial charge in [0.2, 0.25) is 0 Å². The van der Waals surface area contributed by atoms with Gasteiger partial charge < -0.3 is 10.5 Å². The zero-order valence-electron chi connectivity index (χ0n) is 10.3. The second-order valence-corrected chi connectivity index (χ2v) is 5.24. The first kappa shape index (κ1) is 13.1. The van der Waals surface area contributed by atoms with Crippen LogP contribution in [0, 0.1) is 0 Å². The zero-order valence-corrected chi connectivity index (χ0v) is 11.2. The second kappa shape index (κ2) is 5.24. The number of anilines is 1. The number of ether oxygens (including phenoxy) is 1. The van der Waals surface area contributed by atoms with Crippen LogP contribution in [0.3, 0.4) is 0 Å². The molecule has 0 aliphatic carbocycles. The van der Waals surface area contributed by atoms with Crippen molar-refractivity contribution in [3.8, 4) is 17.1 Å². The molecule has 0 atom stereocenters. The predicted octanol–water partition coefficient (Wildman–Crippen LogP) is 3.07. The van der Waals surface area contributed by atoms with Crippen LogP contribution in [-0.4, -0.2) is 16.6 Å². The molecule has 0 saturated carbocycles. The number of alkyl halides is 2. The fourth-order valence-corrected chi connectivity index (χ4v) is 3.04. The molecule has 20 heavy (non-hydrogen) atoms. The van der Waals surface area contributed by atoms with Crippen LogP contribution >= 0.6 is 11.8 Å². The summed E-state index contributed by atoms with van der Waals surface area (Å²) in [4.78, 5) is 8.74. The topological polar surface area (TPSA) is 61.0 Å². The molecular formula is C13H11F2N3OS. The van der Waals surface area contributed by atoms with Gasteiger partial charge in [-0.3, -0.25) is 0 Å². The van der Waals surface area contributed by atoms with Gasteiger partial charge >= 0.3 is 6.61 Å². The lowest BCUT2D eigenvalue weighted by Gasteiger charge is -2.07. The van der Waals surface area contributed by atoms with E-state index >= 15 is 0 Å². The molecule has 1 aromatic carbocycles. The monoisotopic (exact) mass is 295 g/mol. The lowest BCUT2D eigenvalue weighted by Crippen LogP contribution is -2.03. The number of rotatable bonds is 3. The third-order valence-corrected chi connectivity index (χ3v) is 3.92. The minimum absolute atomic E-state index is 0.105. The van der Waals surface area contributed by atoms with Gasteiger partial charge in [-0.1, -0.05) is 0 Å². The zero-order chi connectivity index (χ0) is 14.1. The first-order valence-electron chi connectivity index (χ1n) is 5.92. The largest absolute Gasteiger partial charge is 0.435 e. The van der Waals surface area contributed by atoms with E-state index in [1.54, 1.807) is 23.9 Å². The molecule has 4 nitrogen and oxygen atoms in total. The van der Waals surface area contributed by atoms with Crippen molar-refractivity contribution >= 4 is 17.6 Å². The molecule has 0 amide bonds. The highest BCUT2D eigenvalue weighted by molar-refractivity contribution is 7.98. The van der Waals surface area contributed by atoms with Gasteiger partial charge in [0, 0.05) is 22.6 Å². The first-order chi connectivity index (χ1) is 9.63. The fraction of sp³-hybridized carbons (Fsp3) is 0.231. The Morgan fingerprint density at radius 1 is 1.15 bits per heavy atom. The van der Waals surface area contributed by atoms with E-state index in [4.69, 9.17) is 5.73 Å². The molecule has 1 aliphatic rings. The molecule has 104 valence electrons. The van der Waals surface area contributed by atoms with Crippen LogP contribution in [0.25, 0.3) is 11.4 Å². The van der Waals surface area contributed by atoms with Crippen LogP contribution < -0.4 is 10.5 Å². The van der Waals surface area contributed by atoms with E-state index in [1.165, 1.54) is 12.1 Å². The highest BCUT2D eigenvalue weighted by atomic mass is 32.2. The standard InChI is InChI=1S/C13H11F2N3OS/c14-13(15)19-8-3-1-7(2-4-8)12-17-10-6-20-5-9(10)11(16)18-12/h1-4,13H,5-6H2,(H2,16,17,18). The fourth-order valence-electron chi connectivity index (χ4n) is 1.99. The van der Waals surface area contributed by atoms with Crippen LogP contribution in [0.15, 0.2) is 24.3 Å². The van der Waals surface area contributed by atoms with Crippen molar-refractivity contribution in [2.24, 2.45) is 0 Å². The number of hydrogen-bond donors (Lipinski definition) is 1. The number of nitrogens with two attached hydrogens (primary N) is 1. The highest BCUT2D eigenvalue weighted by Gasteiger charge is 2.18. The molecule has 2 heterocycles. The van der Waals surface area contributed by atoms with Gasteiger partial charge in [-0.2, -0.15) is 20.5 Å². The van der Waals surface area contributed by atoms with Crippen molar-refractivity contribution in [1.29, 1.82) is 0 Å². The summed E-state index contributed by atoms with van der Waals surface area (Å²) in [7, 11) is 0. The number of aromatic nitrogens is 2. The lowest BCUT2D eigenvalue weighted by atomic mass is 10.2. The molecule has 0 bridgehead atoms. The molecule has 0 unspecified atom stereocenters. The quantitative estimate of drug-likeness (QED) is 0.943.